The minimum Gasteiger partial charge on any atom is -0.356 e. The van der Waals surface area contributed by atoms with Crippen LogP contribution in [-0.4, -0.2) is 29.0 Å². The third kappa shape index (κ3) is 4.95. The van der Waals surface area contributed by atoms with E-state index in [0.717, 1.165) is 11.1 Å². The number of hydrogen-bond donors (Lipinski definition) is 2. The van der Waals surface area contributed by atoms with Crippen LogP contribution in [0, 0.1) is 10.1 Å². The van der Waals surface area contributed by atoms with Crippen molar-refractivity contribution in [3.8, 4) is 0 Å². The van der Waals surface area contributed by atoms with Crippen LogP contribution in [-0.2, 0) is 16.0 Å². The molecule has 2 amide bonds. The number of fused-ring (bicyclic) bond motifs is 1. The molecule has 1 unspecified atom stereocenters. The Labute approximate surface area is 190 Å². The zero-order chi connectivity index (χ0) is 23.4. The van der Waals surface area contributed by atoms with Crippen LogP contribution in [0.1, 0.15) is 29.5 Å². The molecule has 1 aliphatic heterocycles. The number of nitro groups is 1. The van der Waals surface area contributed by atoms with Crippen molar-refractivity contribution in [1.82, 2.24) is 5.32 Å². The van der Waals surface area contributed by atoms with Gasteiger partial charge in [-0.05, 0) is 35.7 Å². The van der Waals surface area contributed by atoms with Gasteiger partial charge in [0.15, 0.2) is 0 Å². The maximum atomic E-state index is 12.9. The summed E-state index contributed by atoms with van der Waals surface area (Å²) in [6.07, 6.45) is 0.692. The molecule has 1 aliphatic rings. The smallest absolute Gasteiger partial charge is 0.269 e. The van der Waals surface area contributed by atoms with E-state index in [1.165, 1.54) is 19.1 Å². The standard InChI is InChI=1S/C25H22N4O4/c1-16(30)26-14-13-17-7-9-19(10-8-17)27-24(18-5-3-2-4-6-18)23-21-15-20(29(32)33)11-12-22(21)28-25(23)31/h2-12,15,23H,13-14H2,1H3,(H,26,30)(H,28,31). The minimum atomic E-state index is -0.776. The Morgan fingerprint density at radius 3 is 2.48 bits per heavy atom. The molecule has 1 heterocycles. The Hall–Kier alpha value is -4.33. The summed E-state index contributed by atoms with van der Waals surface area (Å²) in [6, 6.07) is 21.2. The van der Waals surface area contributed by atoms with E-state index < -0.39 is 10.8 Å². The molecule has 8 heteroatoms. The highest BCUT2D eigenvalue weighted by atomic mass is 16.6. The molecule has 0 radical (unpaired) electrons. The highest BCUT2D eigenvalue weighted by Gasteiger charge is 2.36. The Morgan fingerprint density at radius 2 is 1.82 bits per heavy atom. The van der Waals surface area contributed by atoms with Crippen LogP contribution in [0.25, 0.3) is 0 Å². The molecule has 0 fully saturated rings. The Kier molecular flexibility index (Phi) is 6.26. The number of nitrogens with one attached hydrogen (secondary N) is 2. The summed E-state index contributed by atoms with van der Waals surface area (Å²) in [5.74, 6) is -1.12. The second-order valence-corrected chi connectivity index (χ2v) is 7.71. The van der Waals surface area contributed by atoms with E-state index in [-0.39, 0.29) is 17.5 Å². The van der Waals surface area contributed by atoms with Crippen molar-refractivity contribution in [1.29, 1.82) is 0 Å². The first-order valence-electron chi connectivity index (χ1n) is 10.5. The zero-order valence-corrected chi connectivity index (χ0v) is 17.9. The van der Waals surface area contributed by atoms with E-state index in [0.29, 0.717) is 35.6 Å². The van der Waals surface area contributed by atoms with E-state index >= 15 is 0 Å². The molecule has 2 N–H and O–H groups in total. The lowest BCUT2D eigenvalue weighted by atomic mass is 9.90. The van der Waals surface area contributed by atoms with Gasteiger partial charge in [-0.3, -0.25) is 24.7 Å². The molecule has 4 rings (SSSR count). The van der Waals surface area contributed by atoms with Crippen LogP contribution in [0.15, 0.2) is 77.8 Å². The Balaban J connectivity index is 1.71. The van der Waals surface area contributed by atoms with E-state index in [1.54, 1.807) is 6.07 Å². The van der Waals surface area contributed by atoms with Crippen molar-refractivity contribution in [2.75, 3.05) is 11.9 Å². The van der Waals surface area contributed by atoms with E-state index in [1.807, 2.05) is 54.6 Å². The predicted molar refractivity (Wildman–Crippen MR) is 126 cm³/mol. The Morgan fingerprint density at radius 1 is 1.09 bits per heavy atom. The topological polar surface area (TPSA) is 114 Å². The summed E-state index contributed by atoms with van der Waals surface area (Å²) < 4.78 is 0. The van der Waals surface area contributed by atoms with Crippen LogP contribution in [0.5, 0.6) is 0 Å². The number of aliphatic imine (C=N–C) groups is 1. The number of nitro benzene ring substituents is 1. The van der Waals surface area contributed by atoms with Crippen LogP contribution in [0.2, 0.25) is 0 Å². The fourth-order valence-electron chi connectivity index (χ4n) is 3.80. The van der Waals surface area contributed by atoms with Gasteiger partial charge in [-0.15, -0.1) is 0 Å². The van der Waals surface area contributed by atoms with Gasteiger partial charge in [0.05, 0.1) is 16.3 Å². The average Bonchev–Trinajstić information content (AvgIpc) is 3.13. The summed E-state index contributed by atoms with van der Waals surface area (Å²) in [7, 11) is 0. The number of benzene rings is 3. The first-order chi connectivity index (χ1) is 15.9. The molecular formula is C25H22N4O4. The molecule has 8 nitrogen and oxygen atoms in total. The molecule has 166 valence electrons. The van der Waals surface area contributed by atoms with Crippen LogP contribution in [0.3, 0.4) is 0 Å². The van der Waals surface area contributed by atoms with Gasteiger partial charge in [0.2, 0.25) is 11.8 Å². The average molecular weight is 442 g/mol. The first-order valence-corrected chi connectivity index (χ1v) is 10.5. The number of nitrogens with zero attached hydrogens (tertiary/aromatic N) is 2. The van der Waals surface area contributed by atoms with E-state index in [4.69, 9.17) is 4.99 Å². The van der Waals surface area contributed by atoms with Crippen LogP contribution >= 0.6 is 0 Å². The molecule has 0 spiro atoms. The molecule has 0 saturated carbocycles. The zero-order valence-electron chi connectivity index (χ0n) is 17.9. The molecule has 1 atom stereocenters. The molecule has 3 aromatic carbocycles. The lowest BCUT2D eigenvalue weighted by Crippen LogP contribution is -2.22. The van der Waals surface area contributed by atoms with Gasteiger partial charge in [-0.2, -0.15) is 0 Å². The number of carbonyl (C=O) groups is 2. The fraction of sp³-hybridized carbons (Fsp3) is 0.160. The second-order valence-electron chi connectivity index (χ2n) is 7.71. The minimum absolute atomic E-state index is 0.0703. The quantitative estimate of drug-likeness (QED) is 0.325. The summed E-state index contributed by atoms with van der Waals surface area (Å²) >= 11 is 0. The van der Waals surface area contributed by atoms with Crippen molar-refractivity contribution in [2.24, 2.45) is 4.99 Å². The molecule has 0 aliphatic carbocycles. The SMILES string of the molecule is CC(=O)NCCc1ccc(N=C(c2ccccc2)C2C(=O)Nc3ccc([N+](=O)[O-])cc32)cc1. The van der Waals surface area contributed by atoms with Gasteiger partial charge in [0.1, 0.15) is 5.92 Å². The molecule has 0 aromatic heterocycles. The highest BCUT2D eigenvalue weighted by molar-refractivity contribution is 6.24. The number of non-ortho nitro benzene ring substituents is 1. The summed E-state index contributed by atoms with van der Waals surface area (Å²) in [6.45, 7) is 2.03. The number of rotatable bonds is 7. The lowest BCUT2D eigenvalue weighted by molar-refractivity contribution is -0.384. The molecule has 0 saturated heterocycles. The van der Waals surface area contributed by atoms with Crippen molar-refractivity contribution < 1.29 is 14.5 Å². The van der Waals surface area contributed by atoms with Gasteiger partial charge in [0.25, 0.3) is 5.69 Å². The van der Waals surface area contributed by atoms with E-state index in [9.17, 15) is 19.7 Å². The van der Waals surface area contributed by atoms with Gasteiger partial charge in [-0.25, -0.2) is 0 Å². The van der Waals surface area contributed by atoms with Crippen molar-refractivity contribution in [3.05, 3.63) is 99.6 Å². The number of hydrogen-bond acceptors (Lipinski definition) is 5. The third-order valence-corrected chi connectivity index (χ3v) is 5.39. The van der Waals surface area contributed by atoms with Gasteiger partial charge in [0, 0.05) is 36.9 Å². The molecule has 33 heavy (non-hydrogen) atoms. The van der Waals surface area contributed by atoms with Crippen LogP contribution < -0.4 is 10.6 Å². The lowest BCUT2D eigenvalue weighted by Gasteiger charge is -2.14. The summed E-state index contributed by atoms with van der Waals surface area (Å²) in [5, 5.41) is 16.9. The van der Waals surface area contributed by atoms with Crippen molar-refractivity contribution >= 4 is 34.6 Å². The highest BCUT2D eigenvalue weighted by Crippen LogP contribution is 2.38. The normalized spacial score (nSPS) is 15.0. The van der Waals surface area contributed by atoms with Crippen LogP contribution in [0.4, 0.5) is 17.1 Å². The maximum Gasteiger partial charge on any atom is 0.269 e. The second kappa shape index (κ2) is 9.44. The van der Waals surface area contributed by atoms with Gasteiger partial charge >= 0.3 is 0 Å². The fourth-order valence-corrected chi connectivity index (χ4v) is 3.80. The number of carbonyl (C=O) groups excluding carboxylic acids is 2. The maximum absolute atomic E-state index is 12.9. The summed E-state index contributed by atoms with van der Waals surface area (Å²) in [5.41, 5.74) is 3.97. The largest absolute Gasteiger partial charge is 0.356 e. The van der Waals surface area contributed by atoms with Crippen molar-refractivity contribution in [2.45, 2.75) is 19.3 Å². The Bertz CT molecular complexity index is 1240. The van der Waals surface area contributed by atoms with Gasteiger partial charge < -0.3 is 10.6 Å². The molecular weight excluding hydrogens is 420 g/mol. The number of amides is 2. The summed E-state index contributed by atoms with van der Waals surface area (Å²) in [4.78, 5) is 39.6. The monoisotopic (exact) mass is 442 g/mol. The van der Waals surface area contributed by atoms with E-state index in [2.05, 4.69) is 10.6 Å². The van der Waals surface area contributed by atoms with Gasteiger partial charge in [-0.1, -0.05) is 42.5 Å². The molecule has 0 bridgehead atoms. The molecule has 3 aromatic rings. The first kappa shape index (κ1) is 21.9. The number of anilines is 1. The predicted octanol–water partition coefficient (Wildman–Crippen LogP) is 4.13. The third-order valence-electron chi connectivity index (χ3n) is 5.39. The van der Waals surface area contributed by atoms with Crippen molar-refractivity contribution in [3.63, 3.8) is 0 Å².